The molecular weight excluding hydrogens is 443 g/mol. The maximum absolute atomic E-state index is 15.2. The predicted octanol–water partition coefficient (Wildman–Crippen LogP) is 9.29. The second kappa shape index (κ2) is 16.0. The molecule has 0 amide bonds. The number of benzene rings is 2. The predicted molar refractivity (Wildman–Crippen MR) is 159 cm³/mol. The zero-order valence-corrected chi connectivity index (χ0v) is 23.0. The van der Waals surface area contributed by atoms with E-state index in [1.807, 2.05) is 87.5 Å². The topological polar surface area (TPSA) is 15.6 Å². The van der Waals surface area contributed by atoms with Crippen LogP contribution < -0.4 is 4.90 Å². The Balaban J connectivity index is 0.000000789. The first-order valence-electron chi connectivity index (χ1n) is 12.2. The van der Waals surface area contributed by atoms with E-state index in [9.17, 15) is 0 Å². The van der Waals surface area contributed by atoms with Gasteiger partial charge in [0.15, 0.2) is 5.82 Å². The average molecular weight is 485 g/mol. The third kappa shape index (κ3) is 9.50. The van der Waals surface area contributed by atoms with E-state index < -0.39 is 0 Å². The second-order valence-corrected chi connectivity index (χ2v) is 8.50. The number of aryl methyl sites for hydroxylation is 1. The van der Waals surface area contributed by atoms with Gasteiger partial charge in [0.25, 0.3) is 0 Å². The van der Waals surface area contributed by atoms with E-state index in [1.54, 1.807) is 25.4 Å². The van der Waals surface area contributed by atoms with Crippen molar-refractivity contribution >= 4 is 17.5 Å². The Labute approximate surface area is 218 Å². The lowest BCUT2D eigenvalue weighted by molar-refractivity contribution is 0.623. The van der Waals surface area contributed by atoms with Crippen molar-refractivity contribution in [1.82, 2.24) is 0 Å². The molecule has 0 aliphatic carbocycles. The number of rotatable bonds is 9. The van der Waals surface area contributed by atoms with E-state index in [2.05, 4.69) is 44.1 Å². The van der Waals surface area contributed by atoms with Crippen LogP contribution in [0.1, 0.15) is 45.2 Å². The van der Waals surface area contributed by atoms with Gasteiger partial charge in [-0.3, -0.25) is 4.99 Å². The first-order valence-corrected chi connectivity index (χ1v) is 12.2. The molecule has 3 heteroatoms. The lowest BCUT2D eigenvalue weighted by Crippen LogP contribution is -2.13. The zero-order valence-electron chi connectivity index (χ0n) is 23.0. The summed E-state index contributed by atoms with van der Waals surface area (Å²) in [7, 11) is 3.58. The van der Waals surface area contributed by atoms with Crippen molar-refractivity contribution in [1.29, 1.82) is 0 Å². The van der Waals surface area contributed by atoms with Crippen LogP contribution in [0.2, 0.25) is 0 Å². The molecule has 0 bridgehead atoms. The van der Waals surface area contributed by atoms with E-state index in [0.29, 0.717) is 11.3 Å². The summed E-state index contributed by atoms with van der Waals surface area (Å²) >= 11 is 0. The smallest absolute Gasteiger partial charge is 0.154 e. The van der Waals surface area contributed by atoms with Crippen molar-refractivity contribution in [2.45, 2.75) is 41.0 Å². The molecule has 0 saturated carbocycles. The third-order valence-corrected chi connectivity index (χ3v) is 5.69. The molecule has 2 rings (SSSR count). The Hall–Kier alpha value is -3.72. The molecule has 0 fully saturated rings. The first kappa shape index (κ1) is 30.3. The molecule has 2 aromatic carbocycles. The number of allylic oxidation sites excluding steroid dienone is 9. The summed E-state index contributed by atoms with van der Waals surface area (Å²) < 4.78 is 15.2. The monoisotopic (exact) mass is 484 g/mol. The molecule has 190 valence electrons. The molecule has 0 unspecified atom stereocenters. The van der Waals surface area contributed by atoms with Gasteiger partial charge >= 0.3 is 0 Å². The Morgan fingerprint density at radius 3 is 2.19 bits per heavy atom. The normalized spacial score (nSPS) is 12.5. The minimum Gasteiger partial charge on any atom is -0.348 e. The van der Waals surface area contributed by atoms with Gasteiger partial charge in [0.2, 0.25) is 0 Å². The number of hydrogen-bond donors (Lipinski definition) is 0. The van der Waals surface area contributed by atoms with Gasteiger partial charge < -0.3 is 4.90 Å². The van der Waals surface area contributed by atoms with Crippen molar-refractivity contribution in [3.05, 3.63) is 131 Å². The molecule has 0 N–H and O–H groups in total. The molecule has 0 saturated heterocycles. The molecular formula is C33H41FN2. The van der Waals surface area contributed by atoms with Gasteiger partial charge in [-0.15, -0.1) is 0 Å². The van der Waals surface area contributed by atoms with Crippen molar-refractivity contribution in [3.63, 3.8) is 0 Å². The lowest BCUT2D eigenvalue weighted by atomic mass is 9.94. The summed E-state index contributed by atoms with van der Waals surface area (Å²) in [6, 6.07) is 15.7. The van der Waals surface area contributed by atoms with Crippen LogP contribution >= 0.6 is 0 Å². The van der Waals surface area contributed by atoms with Gasteiger partial charge in [-0.05, 0) is 74.1 Å². The van der Waals surface area contributed by atoms with E-state index in [4.69, 9.17) is 0 Å². The van der Waals surface area contributed by atoms with Crippen LogP contribution in [-0.4, -0.2) is 20.3 Å². The number of halogens is 1. The average Bonchev–Trinajstić information content (AvgIpc) is 2.88. The Morgan fingerprint density at radius 2 is 1.67 bits per heavy atom. The molecule has 0 aromatic heterocycles. The standard InChI is InChI=1S/C26H33FN2.C7H8/c1-9-11-13-20(4)24-14-12-15-25(26(24)27)29(8)18-23(10-2)22(6)21(5)19(3)16-17-28-7;1-7-5-3-2-4-6-7/h9,11-18H,5-6,10H2,1-4,7-8H3;2-6H,1H3/b11-9-,19-16+,20-13+,23-18-,28-17?;. The van der Waals surface area contributed by atoms with E-state index in [0.717, 1.165) is 34.3 Å². The van der Waals surface area contributed by atoms with E-state index in [-0.39, 0.29) is 5.82 Å². The van der Waals surface area contributed by atoms with Gasteiger partial charge in [0, 0.05) is 32.1 Å². The lowest BCUT2D eigenvalue weighted by Gasteiger charge is -2.21. The highest BCUT2D eigenvalue weighted by Gasteiger charge is 2.14. The maximum Gasteiger partial charge on any atom is 0.154 e. The highest BCUT2D eigenvalue weighted by Crippen LogP contribution is 2.29. The van der Waals surface area contributed by atoms with Crippen LogP contribution in [0.5, 0.6) is 0 Å². The Morgan fingerprint density at radius 1 is 1.00 bits per heavy atom. The molecule has 0 spiro atoms. The van der Waals surface area contributed by atoms with E-state index in [1.165, 1.54) is 5.56 Å². The number of aliphatic imine (C=N–C) groups is 1. The molecule has 0 aliphatic heterocycles. The fourth-order valence-corrected chi connectivity index (χ4v) is 3.37. The third-order valence-electron chi connectivity index (χ3n) is 5.69. The van der Waals surface area contributed by atoms with Gasteiger partial charge in [-0.25, -0.2) is 4.39 Å². The van der Waals surface area contributed by atoms with Crippen LogP contribution in [0, 0.1) is 12.7 Å². The van der Waals surface area contributed by atoms with Crippen molar-refractivity contribution in [3.8, 4) is 0 Å². The SMILES string of the molecule is C=C(C(=C)/C(C)=C/C=NC)/C(=C\N(C)c1cccc(/C(C)=C/C=C\C)c1F)CC.Cc1ccccc1. The van der Waals surface area contributed by atoms with Crippen LogP contribution in [0.15, 0.2) is 119 Å². The molecule has 36 heavy (non-hydrogen) atoms. The summed E-state index contributed by atoms with van der Waals surface area (Å²) in [5, 5.41) is 0. The highest BCUT2D eigenvalue weighted by molar-refractivity contribution is 5.74. The minimum absolute atomic E-state index is 0.236. The Bertz CT molecular complexity index is 1160. The van der Waals surface area contributed by atoms with Crippen LogP contribution in [0.4, 0.5) is 10.1 Å². The van der Waals surface area contributed by atoms with Gasteiger partial charge in [0.05, 0.1) is 5.69 Å². The van der Waals surface area contributed by atoms with Crippen LogP contribution in [0.3, 0.4) is 0 Å². The number of anilines is 1. The van der Waals surface area contributed by atoms with Gasteiger partial charge in [-0.2, -0.15) is 0 Å². The van der Waals surface area contributed by atoms with Crippen LogP contribution in [-0.2, 0) is 0 Å². The number of hydrogen-bond acceptors (Lipinski definition) is 2. The van der Waals surface area contributed by atoms with Crippen molar-refractivity contribution < 1.29 is 4.39 Å². The zero-order chi connectivity index (χ0) is 27.1. The quantitative estimate of drug-likeness (QED) is 0.256. The molecule has 0 atom stereocenters. The summed E-state index contributed by atoms with van der Waals surface area (Å²) in [6.07, 6.45) is 12.1. The van der Waals surface area contributed by atoms with E-state index >= 15 is 4.39 Å². The molecule has 0 radical (unpaired) electrons. The van der Waals surface area contributed by atoms with Gasteiger partial charge in [-0.1, -0.05) is 86.3 Å². The van der Waals surface area contributed by atoms with Crippen LogP contribution in [0.25, 0.3) is 5.57 Å². The summed E-state index contributed by atoms with van der Waals surface area (Å²) in [5.41, 5.74) is 7.02. The summed E-state index contributed by atoms with van der Waals surface area (Å²) in [5.74, 6) is -0.236. The second-order valence-electron chi connectivity index (χ2n) is 8.50. The van der Waals surface area contributed by atoms with Crippen molar-refractivity contribution in [2.75, 3.05) is 19.0 Å². The Kier molecular flexibility index (Phi) is 13.5. The van der Waals surface area contributed by atoms with Gasteiger partial charge in [0.1, 0.15) is 0 Å². The summed E-state index contributed by atoms with van der Waals surface area (Å²) in [4.78, 5) is 5.79. The highest BCUT2D eigenvalue weighted by atomic mass is 19.1. The summed E-state index contributed by atoms with van der Waals surface area (Å²) in [6.45, 7) is 18.3. The maximum atomic E-state index is 15.2. The molecule has 0 aliphatic rings. The minimum atomic E-state index is -0.236. The fourth-order valence-electron chi connectivity index (χ4n) is 3.37. The molecule has 0 heterocycles. The largest absolute Gasteiger partial charge is 0.348 e. The van der Waals surface area contributed by atoms with Crippen molar-refractivity contribution in [2.24, 2.45) is 4.99 Å². The fraction of sp³-hybridized carbons (Fsp3) is 0.242. The number of nitrogens with zero attached hydrogens (tertiary/aromatic N) is 2. The molecule has 2 aromatic rings. The molecule has 2 nitrogen and oxygen atoms in total. The first-order chi connectivity index (χ1) is 17.2.